The zero-order chi connectivity index (χ0) is 14.5. The van der Waals surface area contributed by atoms with E-state index < -0.39 is 0 Å². The summed E-state index contributed by atoms with van der Waals surface area (Å²) in [4.78, 5) is 18.2. The Labute approximate surface area is 118 Å². The van der Waals surface area contributed by atoms with Crippen molar-refractivity contribution in [2.45, 2.75) is 6.92 Å². The monoisotopic (exact) mass is 271 g/mol. The summed E-state index contributed by atoms with van der Waals surface area (Å²) in [7, 11) is 1.53. The van der Waals surface area contributed by atoms with E-state index in [1.165, 1.54) is 7.11 Å². The second-order valence-electron chi connectivity index (χ2n) is 4.21. The van der Waals surface area contributed by atoms with E-state index in [0.29, 0.717) is 23.5 Å². The van der Waals surface area contributed by atoms with Crippen molar-refractivity contribution in [1.29, 1.82) is 0 Å². The SMILES string of the molecule is CCN(C(=O)c1ccc(N)c(OC)c1)c1ccncc1. The number of hydrogen-bond acceptors (Lipinski definition) is 4. The minimum atomic E-state index is -0.1000. The highest BCUT2D eigenvalue weighted by atomic mass is 16.5. The van der Waals surface area contributed by atoms with Gasteiger partial charge in [0.05, 0.1) is 12.8 Å². The Morgan fingerprint density at radius 3 is 2.60 bits per heavy atom. The third-order valence-corrected chi connectivity index (χ3v) is 3.02. The molecule has 0 radical (unpaired) electrons. The van der Waals surface area contributed by atoms with E-state index in [2.05, 4.69) is 4.98 Å². The van der Waals surface area contributed by atoms with Crippen molar-refractivity contribution < 1.29 is 9.53 Å². The summed E-state index contributed by atoms with van der Waals surface area (Å²) in [5, 5.41) is 0. The number of carbonyl (C=O) groups is 1. The molecule has 104 valence electrons. The number of ether oxygens (including phenoxy) is 1. The Balaban J connectivity index is 2.34. The van der Waals surface area contributed by atoms with Gasteiger partial charge in [-0.3, -0.25) is 9.78 Å². The molecular formula is C15H17N3O2. The van der Waals surface area contributed by atoms with Gasteiger partial charge in [0.25, 0.3) is 5.91 Å². The topological polar surface area (TPSA) is 68.5 Å². The summed E-state index contributed by atoms with van der Waals surface area (Å²) < 4.78 is 5.15. The predicted molar refractivity (Wildman–Crippen MR) is 79.0 cm³/mol. The maximum absolute atomic E-state index is 12.6. The van der Waals surface area contributed by atoms with E-state index in [0.717, 1.165) is 5.69 Å². The van der Waals surface area contributed by atoms with Crippen LogP contribution in [-0.4, -0.2) is 24.5 Å². The van der Waals surface area contributed by atoms with Crippen LogP contribution in [-0.2, 0) is 0 Å². The van der Waals surface area contributed by atoms with Crippen molar-refractivity contribution in [3.8, 4) is 5.75 Å². The number of methoxy groups -OCH3 is 1. The molecule has 0 bridgehead atoms. The molecule has 2 N–H and O–H groups in total. The number of nitrogens with two attached hydrogens (primary N) is 1. The van der Waals surface area contributed by atoms with Gasteiger partial charge in [-0.2, -0.15) is 0 Å². The summed E-state index contributed by atoms with van der Waals surface area (Å²) >= 11 is 0. The molecule has 0 saturated carbocycles. The average Bonchev–Trinajstić information content (AvgIpc) is 2.49. The zero-order valence-electron chi connectivity index (χ0n) is 11.5. The lowest BCUT2D eigenvalue weighted by Crippen LogP contribution is -2.30. The van der Waals surface area contributed by atoms with Gasteiger partial charge in [0.2, 0.25) is 0 Å². The molecular weight excluding hydrogens is 254 g/mol. The van der Waals surface area contributed by atoms with Crippen molar-refractivity contribution in [3.63, 3.8) is 0 Å². The van der Waals surface area contributed by atoms with Gasteiger partial charge >= 0.3 is 0 Å². The Kier molecular flexibility index (Phi) is 4.20. The van der Waals surface area contributed by atoms with Gasteiger partial charge in [0, 0.05) is 30.2 Å². The molecule has 0 spiro atoms. The molecule has 5 heteroatoms. The van der Waals surface area contributed by atoms with Gasteiger partial charge in [0.1, 0.15) is 5.75 Å². The number of amides is 1. The first-order chi connectivity index (χ1) is 9.67. The minimum Gasteiger partial charge on any atom is -0.495 e. The molecule has 20 heavy (non-hydrogen) atoms. The average molecular weight is 271 g/mol. The Hall–Kier alpha value is -2.56. The first-order valence-corrected chi connectivity index (χ1v) is 6.32. The number of benzene rings is 1. The molecule has 2 aromatic rings. The van der Waals surface area contributed by atoms with Crippen LogP contribution < -0.4 is 15.4 Å². The maximum Gasteiger partial charge on any atom is 0.258 e. The van der Waals surface area contributed by atoms with Crippen LogP contribution >= 0.6 is 0 Å². The number of anilines is 2. The van der Waals surface area contributed by atoms with Crippen molar-refractivity contribution in [3.05, 3.63) is 48.3 Å². The lowest BCUT2D eigenvalue weighted by Gasteiger charge is -2.21. The fraction of sp³-hybridized carbons (Fsp3) is 0.200. The van der Waals surface area contributed by atoms with E-state index in [1.807, 2.05) is 6.92 Å². The van der Waals surface area contributed by atoms with Crippen LogP contribution in [0.1, 0.15) is 17.3 Å². The second kappa shape index (κ2) is 6.06. The van der Waals surface area contributed by atoms with Gasteiger partial charge in [-0.1, -0.05) is 0 Å². The summed E-state index contributed by atoms with van der Waals surface area (Å²) in [6.07, 6.45) is 3.32. The van der Waals surface area contributed by atoms with Gasteiger partial charge in [0.15, 0.2) is 0 Å². The number of aromatic nitrogens is 1. The molecule has 1 heterocycles. The van der Waals surface area contributed by atoms with Crippen LogP contribution in [0.3, 0.4) is 0 Å². The van der Waals surface area contributed by atoms with Crippen LogP contribution in [0.15, 0.2) is 42.7 Å². The van der Waals surface area contributed by atoms with E-state index in [4.69, 9.17) is 10.5 Å². The lowest BCUT2D eigenvalue weighted by molar-refractivity contribution is 0.0988. The fourth-order valence-electron chi connectivity index (χ4n) is 1.97. The number of nitrogen functional groups attached to an aromatic ring is 1. The summed E-state index contributed by atoms with van der Waals surface area (Å²) in [5.74, 6) is 0.402. The van der Waals surface area contributed by atoms with Crippen LogP contribution in [0.4, 0.5) is 11.4 Å². The molecule has 0 aliphatic heterocycles. The Morgan fingerprint density at radius 1 is 1.30 bits per heavy atom. The summed E-state index contributed by atoms with van der Waals surface area (Å²) in [5.41, 5.74) is 7.62. The van der Waals surface area contributed by atoms with E-state index >= 15 is 0 Å². The second-order valence-corrected chi connectivity index (χ2v) is 4.21. The Bertz CT molecular complexity index is 599. The van der Waals surface area contributed by atoms with Crippen LogP contribution in [0, 0.1) is 0 Å². The highest BCUT2D eigenvalue weighted by Gasteiger charge is 2.17. The quantitative estimate of drug-likeness (QED) is 0.867. The summed E-state index contributed by atoms with van der Waals surface area (Å²) in [6, 6.07) is 8.63. The van der Waals surface area contributed by atoms with Crippen LogP contribution in [0.25, 0.3) is 0 Å². The molecule has 1 aromatic carbocycles. The van der Waals surface area contributed by atoms with Crippen molar-refractivity contribution in [2.24, 2.45) is 0 Å². The molecule has 0 saturated heterocycles. The first-order valence-electron chi connectivity index (χ1n) is 6.32. The maximum atomic E-state index is 12.6. The van der Waals surface area contributed by atoms with E-state index in [-0.39, 0.29) is 5.91 Å². The molecule has 0 atom stereocenters. The van der Waals surface area contributed by atoms with Crippen molar-refractivity contribution in [1.82, 2.24) is 4.98 Å². The molecule has 1 amide bonds. The normalized spacial score (nSPS) is 10.1. The number of rotatable bonds is 4. The highest BCUT2D eigenvalue weighted by Crippen LogP contribution is 2.24. The number of hydrogen-bond donors (Lipinski definition) is 1. The molecule has 0 aliphatic carbocycles. The molecule has 2 rings (SSSR count). The van der Waals surface area contributed by atoms with E-state index in [9.17, 15) is 4.79 Å². The number of pyridine rings is 1. The van der Waals surface area contributed by atoms with Gasteiger partial charge in [-0.25, -0.2) is 0 Å². The van der Waals surface area contributed by atoms with Gasteiger partial charge in [-0.05, 0) is 37.3 Å². The third kappa shape index (κ3) is 2.71. The molecule has 0 unspecified atom stereocenters. The van der Waals surface area contributed by atoms with Gasteiger partial charge in [-0.15, -0.1) is 0 Å². The smallest absolute Gasteiger partial charge is 0.258 e. The first kappa shape index (κ1) is 13.9. The largest absolute Gasteiger partial charge is 0.495 e. The lowest BCUT2D eigenvalue weighted by atomic mass is 10.1. The third-order valence-electron chi connectivity index (χ3n) is 3.02. The fourth-order valence-corrected chi connectivity index (χ4v) is 1.97. The molecule has 0 fully saturated rings. The highest BCUT2D eigenvalue weighted by molar-refractivity contribution is 6.06. The van der Waals surface area contributed by atoms with Gasteiger partial charge < -0.3 is 15.4 Å². The van der Waals surface area contributed by atoms with Crippen LogP contribution in [0.5, 0.6) is 5.75 Å². The standard InChI is InChI=1S/C15H17N3O2/c1-3-18(12-6-8-17-9-7-12)15(19)11-4-5-13(16)14(10-11)20-2/h4-10H,3,16H2,1-2H3. The number of nitrogens with zero attached hydrogens (tertiary/aromatic N) is 2. The van der Waals surface area contributed by atoms with E-state index in [1.54, 1.807) is 47.6 Å². The van der Waals surface area contributed by atoms with Crippen LogP contribution in [0.2, 0.25) is 0 Å². The molecule has 5 nitrogen and oxygen atoms in total. The minimum absolute atomic E-state index is 0.1000. The zero-order valence-corrected chi connectivity index (χ0v) is 11.5. The molecule has 0 aliphatic rings. The number of carbonyl (C=O) groups excluding carboxylic acids is 1. The molecule has 1 aromatic heterocycles. The predicted octanol–water partition coefficient (Wildman–Crippen LogP) is 2.34. The van der Waals surface area contributed by atoms with Crippen molar-refractivity contribution >= 4 is 17.3 Å². The summed E-state index contributed by atoms with van der Waals surface area (Å²) in [6.45, 7) is 2.49. The van der Waals surface area contributed by atoms with Crippen molar-refractivity contribution in [2.75, 3.05) is 24.3 Å². The Morgan fingerprint density at radius 2 is 2.00 bits per heavy atom.